The Kier molecular flexibility index (Phi) is 9.38. The van der Waals surface area contributed by atoms with Gasteiger partial charge in [-0.25, -0.2) is 14.2 Å². The Hall–Kier alpha value is -4.06. The fourth-order valence-corrected chi connectivity index (χ4v) is 5.97. The minimum absolute atomic E-state index is 0.0999. The first-order valence-corrected chi connectivity index (χ1v) is 15.3. The van der Waals surface area contributed by atoms with E-state index in [1.807, 2.05) is 11.0 Å². The average molecular weight is 684 g/mol. The van der Waals surface area contributed by atoms with Crippen molar-refractivity contribution in [3.05, 3.63) is 75.7 Å². The van der Waals surface area contributed by atoms with Crippen LogP contribution in [0.25, 0.3) is 11.1 Å². The van der Waals surface area contributed by atoms with E-state index in [1.165, 1.54) is 34.2 Å². The summed E-state index contributed by atoms with van der Waals surface area (Å²) in [5.74, 6) is -1.02. The van der Waals surface area contributed by atoms with E-state index in [2.05, 4.69) is 0 Å². The number of benzene rings is 2. The summed E-state index contributed by atoms with van der Waals surface area (Å²) in [7, 11) is 2.56. The maximum Gasteiger partial charge on any atom is 0.416 e. The molecule has 3 aromatic rings. The van der Waals surface area contributed by atoms with Gasteiger partial charge in [0.25, 0.3) is 5.66 Å². The summed E-state index contributed by atoms with van der Waals surface area (Å²) < 4.78 is 95.5. The summed E-state index contributed by atoms with van der Waals surface area (Å²) in [4.78, 5) is 32.6. The molecule has 2 saturated heterocycles. The van der Waals surface area contributed by atoms with Crippen molar-refractivity contribution in [2.75, 3.05) is 25.1 Å². The third kappa shape index (κ3) is 7.12. The molecule has 5 rings (SSSR count). The lowest BCUT2D eigenvalue weighted by Crippen LogP contribution is -2.38. The molecule has 0 spiro atoms. The second-order valence-electron chi connectivity index (χ2n) is 11.6. The molecule has 2 fully saturated rings. The lowest BCUT2D eigenvalue weighted by Gasteiger charge is -2.33. The van der Waals surface area contributed by atoms with Crippen LogP contribution in [-0.4, -0.2) is 53.3 Å². The largest absolute Gasteiger partial charge is 0.496 e. The number of cyclic esters (lactones) is 1. The molecule has 3 heterocycles. The van der Waals surface area contributed by atoms with Crippen LogP contribution >= 0.6 is 9.24 Å². The Labute approximate surface area is 268 Å². The molecule has 3 atom stereocenters. The molecule has 47 heavy (non-hydrogen) atoms. The van der Waals surface area contributed by atoms with Gasteiger partial charge in [0.05, 0.1) is 31.0 Å². The number of aromatic nitrogens is 1. The van der Waals surface area contributed by atoms with Gasteiger partial charge >= 0.3 is 18.2 Å². The molecule has 1 amide bonds. The maximum absolute atomic E-state index is 15.0. The summed E-state index contributed by atoms with van der Waals surface area (Å²) in [6.45, 7) is 4.61. The fraction of sp³-hybridized carbons (Fsp3) is 0.406. The lowest BCUT2D eigenvalue weighted by molar-refractivity contribution is -0.138. The summed E-state index contributed by atoms with van der Waals surface area (Å²) in [6.07, 6.45) is -6.62. The number of methoxy groups -OCH3 is 1. The van der Waals surface area contributed by atoms with Gasteiger partial charge in [0, 0.05) is 42.3 Å². The van der Waals surface area contributed by atoms with Gasteiger partial charge in [-0.3, -0.25) is 9.69 Å². The number of halogens is 6. The van der Waals surface area contributed by atoms with Crippen molar-refractivity contribution in [2.45, 2.75) is 63.6 Å². The van der Waals surface area contributed by atoms with Crippen LogP contribution in [0, 0.1) is 12.7 Å². The minimum atomic E-state index is -4.93. The number of alkyl halides is 5. The lowest BCUT2D eigenvalue weighted by atomic mass is 9.93. The van der Waals surface area contributed by atoms with Gasteiger partial charge in [-0.1, -0.05) is 9.24 Å². The van der Waals surface area contributed by atoms with Crippen molar-refractivity contribution in [3.63, 3.8) is 0 Å². The summed E-state index contributed by atoms with van der Waals surface area (Å²) in [5, 5.41) is 9.17. The molecular weight excluding hydrogens is 651 g/mol. The number of ether oxygens (including phenoxy) is 2. The summed E-state index contributed by atoms with van der Waals surface area (Å²) in [6, 6.07) is 5.49. The van der Waals surface area contributed by atoms with Crippen molar-refractivity contribution >= 4 is 27.1 Å². The van der Waals surface area contributed by atoms with Gasteiger partial charge in [0.1, 0.15) is 23.5 Å². The molecule has 0 saturated carbocycles. The summed E-state index contributed by atoms with van der Waals surface area (Å²) in [5.41, 5.74) is -4.10. The van der Waals surface area contributed by atoms with E-state index in [0.29, 0.717) is 40.3 Å². The Morgan fingerprint density at radius 2 is 1.79 bits per heavy atom. The van der Waals surface area contributed by atoms with Crippen molar-refractivity contribution in [1.82, 2.24) is 9.88 Å². The topological polar surface area (TPSA) is 92.2 Å². The first-order valence-electron chi connectivity index (χ1n) is 14.7. The van der Waals surface area contributed by atoms with Crippen LogP contribution in [0.15, 0.2) is 36.4 Å². The number of rotatable bonds is 10. The molecule has 1 N–H and O–H groups in total. The van der Waals surface area contributed by atoms with Crippen molar-refractivity contribution in [1.29, 1.82) is 0 Å². The third-order valence-corrected chi connectivity index (χ3v) is 8.75. The maximum atomic E-state index is 15.0. The molecule has 3 unspecified atom stereocenters. The van der Waals surface area contributed by atoms with Gasteiger partial charge < -0.3 is 19.5 Å². The van der Waals surface area contributed by atoms with Gasteiger partial charge in [-0.05, 0) is 73.7 Å². The molecule has 2 aromatic carbocycles. The number of carboxylic acids is 1. The molecule has 2 aliphatic heterocycles. The number of hydrogen-bond donors (Lipinski definition) is 1. The van der Waals surface area contributed by atoms with Crippen LogP contribution in [-0.2, 0) is 34.3 Å². The van der Waals surface area contributed by atoms with Crippen molar-refractivity contribution < 1.29 is 50.5 Å². The molecule has 8 nitrogen and oxygen atoms in total. The first kappa shape index (κ1) is 34.3. The number of anilines is 1. The normalized spacial score (nSPS) is 18.3. The number of carbonyl (C=O) groups excluding carboxylic acids is 1. The van der Waals surface area contributed by atoms with Gasteiger partial charge in [0.2, 0.25) is 0 Å². The van der Waals surface area contributed by atoms with E-state index < -0.39 is 53.0 Å². The number of pyridine rings is 1. The Morgan fingerprint density at radius 3 is 2.36 bits per heavy atom. The van der Waals surface area contributed by atoms with E-state index in [9.17, 15) is 41.0 Å². The zero-order valence-electron chi connectivity index (χ0n) is 25.6. The molecule has 1 aromatic heterocycles. The number of carbonyl (C=O) groups is 2. The predicted molar refractivity (Wildman–Crippen MR) is 163 cm³/mol. The highest BCUT2D eigenvalue weighted by Gasteiger charge is 2.43. The van der Waals surface area contributed by atoms with E-state index in [1.54, 1.807) is 6.92 Å². The Bertz CT molecular complexity index is 1680. The molecule has 0 aliphatic carbocycles. The number of carboxylic acid groups (broad SMARTS) is 1. The van der Waals surface area contributed by atoms with Crippen LogP contribution < -0.4 is 9.64 Å². The Balaban J connectivity index is 1.58. The molecule has 0 radical (unpaired) electrons. The third-order valence-electron chi connectivity index (χ3n) is 8.41. The minimum Gasteiger partial charge on any atom is -0.496 e. The standard InChI is InChI=1S/C32H32F6N3O5P/c1-16-9-26(40-7-4-8-40)39-24(28(16)22-12-18(5-6-27(42)43)23(33)14-25(22)45-3)15-41-17(2)29(46-30(41)44)19-10-20(31(34,35)36)13-21(11-19)32(37,38)47/h9-14,17,29H,4-8,15,47H2,1-3H3,(H,42,43). The fourth-order valence-electron chi connectivity index (χ4n) is 5.80. The highest BCUT2D eigenvalue weighted by Crippen LogP contribution is 2.44. The second kappa shape index (κ2) is 12.9. The summed E-state index contributed by atoms with van der Waals surface area (Å²) >= 11 is 0. The van der Waals surface area contributed by atoms with Crippen LogP contribution in [0.3, 0.4) is 0 Å². The van der Waals surface area contributed by atoms with E-state index in [4.69, 9.17) is 14.5 Å². The zero-order chi connectivity index (χ0) is 34.4. The van der Waals surface area contributed by atoms with E-state index in [-0.39, 0.29) is 36.3 Å². The van der Waals surface area contributed by atoms with E-state index in [0.717, 1.165) is 31.6 Å². The SMILES string of the molecule is COc1cc(F)c(CCC(=O)O)cc1-c1c(C)cc(N2CCC2)nc1CN1C(=O)OC(c2cc(C(F)(F)F)cc(C(F)(F)P)c2)C1C. The van der Waals surface area contributed by atoms with Crippen molar-refractivity contribution in [3.8, 4) is 16.9 Å². The van der Waals surface area contributed by atoms with Gasteiger partial charge in [-0.15, -0.1) is 0 Å². The van der Waals surface area contributed by atoms with Crippen LogP contribution in [0.4, 0.5) is 37.0 Å². The zero-order valence-corrected chi connectivity index (χ0v) is 26.8. The number of amides is 1. The molecular formula is C32H32F6N3O5P. The monoisotopic (exact) mass is 683 g/mol. The van der Waals surface area contributed by atoms with Crippen LogP contribution in [0.5, 0.6) is 5.75 Å². The van der Waals surface area contributed by atoms with Crippen molar-refractivity contribution in [2.24, 2.45) is 0 Å². The first-order chi connectivity index (χ1) is 22.0. The smallest absolute Gasteiger partial charge is 0.416 e. The van der Waals surface area contributed by atoms with Gasteiger partial charge in [-0.2, -0.15) is 22.0 Å². The quantitative estimate of drug-likeness (QED) is 0.175. The number of hydrogen-bond acceptors (Lipinski definition) is 6. The highest BCUT2D eigenvalue weighted by atomic mass is 31.0. The predicted octanol–water partition coefficient (Wildman–Crippen LogP) is 7.46. The molecule has 2 aliphatic rings. The van der Waals surface area contributed by atoms with E-state index >= 15 is 0 Å². The van der Waals surface area contributed by atoms with Crippen LogP contribution in [0.1, 0.15) is 59.4 Å². The highest BCUT2D eigenvalue weighted by molar-refractivity contribution is 7.17. The van der Waals surface area contributed by atoms with Gasteiger partial charge in [0.15, 0.2) is 0 Å². The molecule has 15 heteroatoms. The van der Waals surface area contributed by atoms with Crippen LogP contribution in [0.2, 0.25) is 0 Å². The Morgan fingerprint density at radius 1 is 1.11 bits per heavy atom. The number of aliphatic carboxylic acids is 1. The second-order valence-corrected chi connectivity index (χ2v) is 12.4. The number of nitrogens with zero attached hydrogens (tertiary/aromatic N) is 3. The molecule has 0 bridgehead atoms. The molecule has 252 valence electrons. The number of aryl methyl sites for hydroxylation is 2. The average Bonchev–Trinajstić information content (AvgIpc) is 3.23.